The van der Waals surface area contributed by atoms with E-state index in [1.54, 1.807) is 11.3 Å². The summed E-state index contributed by atoms with van der Waals surface area (Å²) in [5, 5.41) is 10.5. The summed E-state index contributed by atoms with van der Waals surface area (Å²) in [5.74, 6) is 1.23. The van der Waals surface area contributed by atoms with Crippen LogP contribution in [0.5, 0.6) is 0 Å². The van der Waals surface area contributed by atoms with E-state index in [2.05, 4.69) is 43.3 Å². The summed E-state index contributed by atoms with van der Waals surface area (Å²) in [6, 6.07) is 12.5. The van der Waals surface area contributed by atoms with Crippen LogP contribution in [-0.2, 0) is 0 Å². The van der Waals surface area contributed by atoms with Gasteiger partial charge in [0.1, 0.15) is 0 Å². The van der Waals surface area contributed by atoms with Gasteiger partial charge in [0.05, 0.1) is 6.10 Å². The molecule has 88 valence electrons. The molecule has 0 fully saturated rings. The van der Waals surface area contributed by atoms with E-state index in [1.165, 1.54) is 15.3 Å². The van der Waals surface area contributed by atoms with Crippen LogP contribution in [0, 0.1) is 6.92 Å². The Morgan fingerprint density at radius 1 is 1.24 bits per heavy atom. The van der Waals surface area contributed by atoms with Gasteiger partial charge in [0, 0.05) is 26.3 Å². The van der Waals surface area contributed by atoms with Gasteiger partial charge in [-0.15, -0.1) is 23.1 Å². The van der Waals surface area contributed by atoms with Gasteiger partial charge in [-0.3, -0.25) is 0 Å². The van der Waals surface area contributed by atoms with Crippen molar-refractivity contribution >= 4 is 23.1 Å². The Kier molecular flexibility index (Phi) is 2.99. The molecule has 1 aliphatic heterocycles. The van der Waals surface area contributed by atoms with E-state index < -0.39 is 0 Å². The van der Waals surface area contributed by atoms with Crippen molar-refractivity contribution in [3.05, 3.63) is 51.7 Å². The molecule has 0 aliphatic carbocycles. The van der Waals surface area contributed by atoms with Crippen molar-refractivity contribution in [2.45, 2.75) is 23.8 Å². The molecule has 0 radical (unpaired) electrons. The van der Waals surface area contributed by atoms with E-state index >= 15 is 0 Å². The lowest BCUT2D eigenvalue weighted by Crippen LogP contribution is -2.08. The van der Waals surface area contributed by atoms with E-state index in [1.807, 2.05) is 11.8 Å². The number of thioether (sulfide) groups is 1. The largest absolute Gasteiger partial charge is 0.387 e. The smallest absolute Gasteiger partial charge is 0.0958 e. The highest BCUT2D eigenvalue weighted by molar-refractivity contribution is 7.99. The number of hydrogen-bond acceptors (Lipinski definition) is 3. The number of aliphatic hydroxyl groups is 1. The van der Waals surface area contributed by atoms with Crippen LogP contribution in [0.1, 0.15) is 27.3 Å². The fraction of sp³-hybridized carbons (Fsp3) is 0.286. The number of hydrogen-bond donors (Lipinski definition) is 1. The van der Waals surface area contributed by atoms with Gasteiger partial charge in [0.2, 0.25) is 0 Å². The van der Waals surface area contributed by atoms with Crippen LogP contribution in [0.3, 0.4) is 0 Å². The lowest BCUT2D eigenvalue weighted by Gasteiger charge is -2.17. The molecule has 1 aromatic carbocycles. The van der Waals surface area contributed by atoms with Gasteiger partial charge in [-0.2, -0.15) is 0 Å². The molecule has 1 aromatic heterocycles. The predicted octanol–water partition coefficient (Wildman–Crippen LogP) is 3.98. The predicted molar refractivity (Wildman–Crippen MR) is 73.9 cm³/mol. The molecule has 0 bridgehead atoms. The average molecular weight is 262 g/mol. The first kappa shape index (κ1) is 11.3. The highest BCUT2D eigenvalue weighted by Gasteiger charge is 2.30. The van der Waals surface area contributed by atoms with Crippen molar-refractivity contribution in [2.75, 3.05) is 5.75 Å². The highest BCUT2D eigenvalue weighted by Crippen LogP contribution is 2.46. The van der Waals surface area contributed by atoms with Crippen molar-refractivity contribution in [1.82, 2.24) is 0 Å². The van der Waals surface area contributed by atoms with E-state index in [-0.39, 0.29) is 12.0 Å². The molecule has 3 heteroatoms. The zero-order valence-corrected chi connectivity index (χ0v) is 11.2. The maximum atomic E-state index is 10.5. The molecule has 3 rings (SSSR count). The number of rotatable bonds is 2. The molecule has 1 nitrogen and oxygen atoms in total. The normalized spacial score (nSPS) is 20.2. The van der Waals surface area contributed by atoms with Crippen molar-refractivity contribution in [1.29, 1.82) is 0 Å². The molecule has 0 saturated carbocycles. The second-order valence-electron chi connectivity index (χ2n) is 4.35. The first-order valence-corrected chi connectivity index (χ1v) is 7.52. The summed E-state index contributed by atoms with van der Waals surface area (Å²) in [4.78, 5) is 3.67. The Morgan fingerprint density at radius 2 is 2.06 bits per heavy atom. The van der Waals surface area contributed by atoms with Gasteiger partial charge in [-0.25, -0.2) is 0 Å². The van der Waals surface area contributed by atoms with Gasteiger partial charge in [0.15, 0.2) is 0 Å². The number of fused-ring (bicyclic) bond motifs is 1. The average Bonchev–Trinajstić information content (AvgIpc) is 2.94. The first-order valence-electron chi connectivity index (χ1n) is 5.72. The zero-order valence-electron chi connectivity index (χ0n) is 9.59. The fourth-order valence-corrected chi connectivity index (χ4v) is 4.47. The van der Waals surface area contributed by atoms with E-state index in [4.69, 9.17) is 0 Å². The van der Waals surface area contributed by atoms with E-state index in [0.29, 0.717) is 0 Å². The minimum Gasteiger partial charge on any atom is -0.387 e. The molecule has 2 heterocycles. The molecular formula is C14H14OS2. The number of benzene rings is 1. The minimum atomic E-state index is -0.357. The maximum Gasteiger partial charge on any atom is 0.0958 e. The molecular weight excluding hydrogens is 248 g/mol. The quantitative estimate of drug-likeness (QED) is 0.883. The van der Waals surface area contributed by atoms with Crippen LogP contribution < -0.4 is 0 Å². The maximum absolute atomic E-state index is 10.5. The standard InChI is InChI=1S/C14H14OS2/c1-9-6-7-13(17-9)14(15)11-8-16-12-5-3-2-4-10(11)12/h2-7,11,14-15H,8H2,1H3. The van der Waals surface area contributed by atoms with Gasteiger partial charge >= 0.3 is 0 Å². The summed E-state index contributed by atoms with van der Waals surface area (Å²) in [5.41, 5.74) is 1.30. The summed E-state index contributed by atoms with van der Waals surface area (Å²) >= 11 is 3.55. The van der Waals surface area contributed by atoms with Crippen molar-refractivity contribution < 1.29 is 5.11 Å². The van der Waals surface area contributed by atoms with Crippen molar-refractivity contribution in [3.8, 4) is 0 Å². The Hall–Kier alpha value is -0.770. The lowest BCUT2D eigenvalue weighted by atomic mass is 9.94. The Morgan fingerprint density at radius 3 is 2.82 bits per heavy atom. The van der Waals surface area contributed by atoms with Gasteiger partial charge in [-0.1, -0.05) is 18.2 Å². The van der Waals surface area contributed by atoms with Crippen LogP contribution in [0.2, 0.25) is 0 Å². The molecule has 2 unspecified atom stereocenters. The molecule has 17 heavy (non-hydrogen) atoms. The zero-order chi connectivity index (χ0) is 11.8. The van der Waals surface area contributed by atoms with Crippen LogP contribution in [0.15, 0.2) is 41.3 Å². The third-order valence-corrected chi connectivity index (χ3v) is 5.45. The number of aryl methyl sites for hydroxylation is 1. The van der Waals surface area contributed by atoms with Crippen LogP contribution in [0.25, 0.3) is 0 Å². The SMILES string of the molecule is Cc1ccc(C(O)C2CSc3ccccc32)s1. The van der Waals surface area contributed by atoms with Gasteiger partial charge in [0.25, 0.3) is 0 Å². The van der Waals surface area contributed by atoms with Crippen molar-refractivity contribution in [2.24, 2.45) is 0 Å². The summed E-state index contributed by atoms with van der Waals surface area (Å²) in [7, 11) is 0. The second kappa shape index (κ2) is 4.48. The molecule has 1 aliphatic rings. The highest BCUT2D eigenvalue weighted by atomic mass is 32.2. The molecule has 2 aromatic rings. The Labute approximate surface area is 110 Å². The topological polar surface area (TPSA) is 20.2 Å². The molecule has 2 atom stereocenters. The van der Waals surface area contributed by atoms with E-state index in [0.717, 1.165) is 10.6 Å². The van der Waals surface area contributed by atoms with E-state index in [9.17, 15) is 5.11 Å². The summed E-state index contributed by atoms with van der Waals surface area (Å²) in [6.07, 6.45) is -0.357. The van der Waals surface area contributed by atoms with Crippen molar-refractivity contribution in [3.63, 3.8) is 0 Å². The third-order valence-electron chi connectivity index (χ3n) is 3.17. The number of thiophene rings is 1. The minimum absolute atomic E-state index is 0.245. The summed E-state index contributed by atoms with van der Waals surface area (Å²) < 4.78 is 0. The van der Waals surface area contributed by atoms with Crippen LogP contribution in [-0.4, -0.2) is 10.9 Å². The fourth-order valence-electron chi connectivity index (χ4n) is 2.26. The Balaban J connectivity index is 1.92. The van der Waals surface area contributed by atoms with Crippen LogP contribution in [0.4, 0.5) is 0 Å². The number of aliphatic hydroxyl groups excluding tert-OH is 1. The molecule has 1 N–H and O–H groups in total. The van der Waals surface area contributed by atoms with Gasteiger partial charge < -0.3 is 5.11 Å². The Bertz CT molecular complexity index is 533. The second-order valence-corrected chi connectivity index (χ2v) is 6.73. The molecule has 0 saturated heterocycles. The summed E-state index contributed by atoms with van der Waals surface area (Å²) in [6.45, 7) is 2.08. The first-order chi connectivity index (χ1) is 8.25. The third kappa shape index (κ3) is 2.03. The van der Waals surface area contributed by atoms with Gasteiger partial charge in [-0.05, 0) is 30.7 Å². The monoisotopic (exact) mass is 262 g/mol. The van der Waals surface area contributed by atoms with Crippen LogP contribution >= 0.6 is 23.1 Å². The lowest BCUT2D eigenvalue weighted by molar-refractivity contribution is 0.157. The molecule has 0 amide bonds. The molecule has 0 spiro atoms.